The summed E-state index contributed by atoms with van der Waals surface area (Å²) in [6.45, 7) is 0.126. The van der Waals surface area contributed by atoms with Gasteiger partial charge in [0.25, 0.3) is 0 Å². The molecule has 0 radical (unpaired) electrons. The summed E-state index contributed by atoms with van der Waals surface area (Å²) in [6.07, 6.45) is 1.38. The smallest absolute Gasteiger partial charge is 0.312 e. The molecule has 0 bridgehead atoms. The summed E-state index contributed by atoms with van der Waals surface area (Å²) in [5.41, 5.74) is 1.94. The van der Waals surface area contributed by atoms with E-state index in [2.05, 4.69) is 0 Å². The minimum Gasteiger partial charge on any atom is -0.507 e. The number of phenols is 1. The predicted molar refractivity (Wildman–Crippen MR) is 119 cm³/mol. The van der Waals surface area contributed by atoms with Gasteiger partial charge in [-0.15, -0.1) is 0 Å². The Hall–Kier alpha value is -3.97. The lowest BCUT2D eigenvalue weighted by molar-refractivity contribution is -0.135. The second kappa shape index (κ2) is 7.28. The lowest BCUT2D eigenvalue weighted by Crippen LogP contribution is -2.22. The highest BCUT2D eigenvalue weighted by molar-refractivity contribution is 6.30. The van der Waals surface area contributed by atoms with E-state index in [4.69, 9.17) is 30.2 Å². The van der Waals surface area contributed by atoms with Crippen LogP contribution in [0.2, 0.25) is 5.02 Å². The number of carbonyl (C=O) groups excluding carboxylic acids is 1. The zero-order chi connectivity index (χ0) is 22.7. The van der Waals surface area contributed by atoms with Crippen molar-refractivity contribution in [2.45, 2.75) is 12.3 Å². The maximum atomic E-state index is 13.4. The van der Waals surface area contributed by atoms with Crippen molar-refractivity contribution in [3.63, 3.8) is 0 Å². The highest BCUT2D eigenvalue weighted by Crippen LogP contribution is 2.47. The van der Waals surface area contributed by atoms with Crippen molar-refractivity contribution in [3.05, 3.63) is 81.2 Å². The third-order valence-corrected chi connectivity index (χ3v) is 6.18. The molecule has 0 fully saturated rings. The average Bonchev–Trinajstić information content (AvgIpc) is 3.27. The Kier molecular flexibility index (Phi) is 4.35. The third-order valence-electron chi connectivity index (χ3n) is 5.92. The zero-order valence-electron chi connectivity index (χ0n) is 17.0. The molecule has 3 heterocycles. The van der Waals surface area contributed by atoms with E-state index in [0.717, 1.165) is 5.56 Å². The number of phenolic OH excluding ortho intramolecular Hbond substituents is 1. The molecule has 3 aromatic carbocycles. The molecule has 1 aromatic heterocycles. The summed E-state index contributed by atoms with van der Waals surface area (Å²) in [4.78, 5) is 25.7. The Bertz CT molecular complexity index is 1500. The molecule has 1 atom stereocenters. The Morgan fingerprint density at radius 3 is 2.55 bits per heavy atom. The van der Waals surface area contributed by atoms with Crippen LogP contribution in [-0.4, -0.2) is 17.9 Å². The molecule has 0 spiro atoms. The Morgan fingerprint density at radius 2 is 1.73 bits per heavy atom. The second-order valence-electron chi connectivity index (χ2n) is 7.84. The first kappa shape index (κ1) is 19.7. The normalized spacial score (nSPS) is 16.5. The van der Waals surface area contributed by atoms with Gasteiger partial charge < -0.3 is 23.7 Å². The molecule has 1 N–H and O–H groups in total. The Labute approximate surface area is 191 Å². The van der Waals surface area contributed by atoms with Crippen LogP contribution in [0.15, 0.2) is 64.0 Å². The number of ether oxygens (including phenoxy) is 3. The van der Waals surface area contributed by atoms with Crippen molar-refractivity contribution in [3.8, 4) is 34.1 Å². The van der Waals surface area contributed by atoms with Crippen molar-refractivity contribution in [2.24, 2.45) is 0 Å². The second-order valence-corrected chi connectivity index (χ2v) is 8.28. The van der Waals surface area contributed by atoms with E-state index in [9.17, 15) is 14.7 Å². The van der Waals surface area contributed by atoms with Gasteiger partial charge in [0, 0.05) is 22.6 Å². The topological polar surface area (TPSA) is 95.2 Å². The molecule has 164 valence electrons. The van der Waals surface area contributed by atoms with E-state index in [-0.39, 0.29) is 41.2 Å². The van der Waals surface area contributed by atoms with Crippen molar-refractivity contribution in [2.75, 3.05) is 6.79 Å². The minimum atomic E-state index is -0.469. The quantitative estimate of drug-likeness (QED) is 0.331. The number of hydrogen-bond donors (Lipinski definition) is 1. The number of esters is 1. The summed E-state index contributed by atoms with van der Waals surface area (Å²) in [5, 5.41) is 11.2. The molecule has 8 heteroatoms. The first-order valence-corrected chi connectivity index (χ1v) is 10.5. The fraction of sp³-hybridized carbons (Fsp3) is 0.120. The molecule has 0 aliphatic carbocycles. The predicted octanol–water partition coefficient (Wildman–Crippen LogP) is 4.99. The summed E-state index contributed by atoms with van der Waals surface area (Å²) >= 11 is 5.96. The molecule has 7 nitrogen and oxygen atoms in total. The molecule has 2 aliphatic rings. The molecule has 0 saturated carbocycles. The van der Waals surface area contributed by atoms with Gasteiger partial charge in [0.05, 0.1) is 12.0 Å². The molecule has 0 saturated heterocycles. The van der Waals surface area contributed by atoms with Crippen molar-refractivity contribution >= 4 is 28.5 Å². The van der Waals surface area contributed by atoms with E-state index >= 15 is 0 Å². The minimum absolute atomic E-state index is 0.0184. The van der Waals surface area contributed by atoms with E-state index in [1.54, 1.807) is 36.4 Å². The molecular formula is C25H15ClO7. The van der Waals surface area contributed by atoms with E-state index in [1.807, 2.05) is 6.07 Å². The summed E-state index contributed by atoms with van der Waals surface area (Å²) in [5.74, 6) is 0.0933. The van der Waals surface area contributed by atoms with E-state index in [0.29, 0.717) is 27.6 Å². The number of fused-ring (bicyclic) bond motifs is 4. The molecular weight excluding hydrogens is 448 g/mol. The van der Waals surface area contributed by atoms with Gasteiger partial charge in [-0.3, -0.25) is 9.59 Å². The van der Waals surface area contributed by atoms with Crippen LogP contribution in [0, 0.1) is 0 Å². The van der Waals surface area contributed by atoms with Gasteiger partial charge in [0.1, 0.15) is 28.7 Å². The molecule has 2 aliphatic heterocycles. The van der Waals surface area contributed by atoms with Crippen LogP contribution in [0.25, 0.3) is 22.1 Å². The molecule has 4 aromatic rings. The lowest BCUT2D eigenvalue weighted by atomic mass is 9.84. The van der Waals surface area contributed by atoms with Crippen LogP contribution in [0.1, 0.15) is 23.5 Å². The van der Waals surface area contributed by atoms with Crippen LogP contribution in [0.3, 0.4) is 0 Å². The van der Waals surface area contributed by atoms with Gasteiger partial charge in [-0.2, -0.15) is 0 Å². The van der Waals surface area contributed by atoms with Gasteiger partial charge in [-0.05, 0) is 35.4 Å². The zero-order valence-corrected chi connectivity index (χ0v) is 17.7. The average molecular weight is 463 g/mol. The van der Waals surface area contributed by atoms with Crippen LogP contribution in [-0.2, 0) is 4.79 Å². The molecule has 6 rings (SSSR count). The first-order chi connectivity index (χ1) is 16.0. The number of aromatic hydroxyl groups is 1. The highest BCUT2D eigenvalue weighted by Gasteiger charge is 2.34. The van der Waals surface area contributed by atoms with Gasteiger partial charge in [-0.1, -0.05) is 29.8 Å². The van der Waals surface area contributed by atoms with Gasteiger partial charge in [-0.25, -0.2) is 0 Å². The number of halogens is 1. The van der Waals surface area contributed by atoms with Gasteiger partial charge >= 0.3 is 5.97 Å². The standard InChI is InChI=1S/C25H15ClO7/c26-14-4-1-12(2-5-14)16-10-30-25-22-15(13-3-6-18-19(7-13)32-11-31-18)8-21(28)33-20(22)9-17(27)23(25)24(16)29/h1-7,9-10,15,27H,8,11H2/t15-/m0/s1. The summed E-state index contributed by atoms with van der Waals surface area (Å²) in [6, 6.07) is 13.4. The van der Waals surface area contributed by atoms with Gasteiger partial charge in [0.2, 0.25) is 12.2 Å². The maximum absolute atomic E-state index is 13.4. The van der Waals surface area contributed by atoms with Crippen LogP contribution < -0.4 is 19.6 Å². The number of hydrogen-bond acceptors (Lipinski definition) is 7. The third kappa shape index (κ3) is 3.12. The number of carbonyl (C=O) groups is 1. The fourth-order valence-corrected chi connectivity index (χ4v) is 4.50. The maximum Gasteiger partial charge on any atom is 0.312 e. The molecule has 0 amide bonds. The lowest BCUT2D eigenvalue weighted by Gasteiger charge is -2.26. The van der Waals surface area contributed by atoms with Crippen LogP contribution >= 0.6 is 11.6 Å². The Morgan fingerprint density at radius 1 is 0.939 bits per heavy atom. The number of rotatable bonds is 2. The largest absolute Gasteiger partial charge is 0.507 e. The van der Waals surface area contributed by atoms with Crippen LogP contribution in [0.5, 0.6) is 23.0 Å². The Balaban J connectivity index is 1.58. The first-order valence-electron chi connectivity index (χ1n) is 10.2. The summed E-state index contributed by atoms with van der Waals surface area (Å²) < 4.78 is 22.2. The summed E-state index contributed by atoms with van der Waals surface area (Å²) in [7, 11) is 0. The van der Waals surface area contributed by atoms with Crippen molar-refractivity contribution in [1.82, 2.24) is 0 Å². The SMILES string of the molecule is O=C1C[C@@H](c2ccc3c(c2)OCO3)c2c(cc(O)c3c(=O)c(-c4ccc(Cl)cc4)coc23)O1. The van der Waals surface area contributed by atoms with Crippen LogP contribution in [0.4, 0.5) is 0 Å². The number of benzene rings is 3. The van der Waals surface area contributed by atoms with E-state index in [1.165, 1.54) is 12.3 Å². The van der Waals surface area contributed by atoms with E-state index < -0.39 is 17.3 Å². The monoisotopic (exact) mass is 462 g/mol. The van der Waals surface area contributed by atoms with Crippen molar-refractivity contribution in [1.29, 1.82) is 0 Å². The van der Waals surface area contributed by atoms with Crippen molar-refractivity contribution < 1.29 is 28.5 Å². The highest BCUT2D eigenvalue weighted by atomic mass is 35.5. The fourth-order valence-electron chi connectivity index (χ4n) is 4.38. The molecule has 33 heavy (non-hydrogen) atoms. The van der Waals surface area contributed by atoms with Gasteiger partial charge in [0.15, 0.2) is 11.5 Å². The molecule has 0 unspecified atom stereocenters.